The highest BCUT2D eigenvalue weighted by atomic mass is 32.2. The van der Waals surface area contributed by atoms with Gasteiger partial charge in [-0.25, -0.2) is 4.39 Å². The van der Waals surface area contributed by atoms with Gasteiger partial charge in [0, 0.05) is 41.0 Å². The molecule has 20 heavy (non-hydrogen) atoms. The van der Waals surface area contributed by atoms with E-state index >= 15 is 0 Å². The third-order valence-electron chi connectivity index (χ3n) is 2.90. The Kier molecular flexibility index (Phi) is 7.91. The van der Waals surface area contributed by atoms with Crippen molar-refractivity contribution >= 4 is 10.8 Å². The van der Waals surface area contributed by atoms with Crippen LogP contribution in [0.3, 0.4) is 0 Å². The summed E-state index contributed by atoms with van der Waals surface area (Å²) in [5.41, 5.74) is 0.475. The second kappa shape index (κ2) is 9.18. The Bertz CT molecular complexity index is 431. The number of hydrogen-bond acceptors (Lipinski definition) is 4. The fourth-order valence-corrected chi connectivity index (χ4v) is 1.90. The Morgan fingerprint density at radius 3 is 2.75 bits per heavy atom. The van der Waals surface area contributed by atoms with Gasteiger partial charge in [-0.3, -0.25) is 4.21 Å². The van der Waals surface area contributed by atoms with Gasteiger partial charge in [-0.15, -0.1) is 0 Å². The third-order valence-corrected chi connectivity index (χ3v) is 4.20. The first-order valence-electron chi connectivity index (χ1n) is 6.53. The topological polar surface area (TPSA) is 58.6 Å². The maximum atomic E-state index is 13.3. The molecule has 0 aliphatic carbocycles. The van der Waals surface area contributed by atoms with Crippen LogP contribution in [0, 0.1) is 5.82 Å². The molecule has 0 amide bonds. The van der Waals surface area contributed by atoms with Gasteiger partial charge in [-0.05, 0) is 13.0 Å². The Morgan fingerprint density at radius 2 is 2.10 bits per heavy atom. The summed E-state index contributed by atoms with van der Waals surface area (Å²) < 4.78 is 29.7. The van der Waals surface area contributed by atoms with Crippen molar-refractivity contribution in [3.8, 4) is 0 Å². The van der Waals surface area contributed by atoms with Crippen LogP contribution in [0.2, 0.25) is 0 Å². The van der Waals surface area contributed by atoms with Crippen molar-refractivity contribution in [1.29, 1.82) is 0 Å². The number of rotatable bonds is 9. The normalized spacial score (nSPS) is 15.8. The molecule has 2 N–H and O–H groups in total. The molecule has 0 bridgehead atoms. The number of aliphatic hydroxyl groups excluding tert-OH is 1. The Morgan fingerprint density at radius 1 is 1.40 bits per heavy atom. The first kappa shape index (κ1) is 17.2. The van der Waals surface area contributed by atoms with E-state index in [0.29, 0.717) is 18.7 Å². The first-order chi connectivity index (χ1) is 9.50. The van der Waals surface area contributed by atoms with Gasteiger partial charge in [0.25, 0.3) is 0 Å². The van der Waals surface area contributed by atoms with E-state index in [-0.39, 0.29) is 24.3 Å². The molecule has 3 unspecified atom stereocenters. The molecule has 114 valence electrons. The van der Waals surface area contributed by atoms with Crippen molar-refractivity contribution in [2.24, 2.45) is 0 Å². The molecule has 1 aromatic carbocycles. The van der Waals surface area contributed by atoms with Gasteiger partial charge in [0.1, 0.15) is 5.82 Å². The van der Waals surface area contributed by atoms with Crippen molar-refractivity contribution in [3.63, 3.8) is 0 Å². The van der Waals surface area contributed by atoms with Gasteiger partial charge >= 0.3 is 0 Å². The van der Waals surface area contributed by atoms with Crippen molar-refractivity contribution in [2.45, 2.75) is 24.9 Å². The molecule has 0 saturated heterocycles. The van der Waals surface area contributed by atoms with Crippen LogP contribution in [-0.4, -0.2) is 46.6 Å². The molecular weight excluding hydrogens is 281 g/mol. The molecule has 0 saturated carbocycles. The molecule has 0 aliphatic heterocycles. The van der Waals surface area contributed by atoms with Crippen LogP contribution in [0.15, 0.2) is 24.3 Å². The molecule has 1 rings (SSSR count). The maximum absolute atomic E-state index is 13.3. The lowest BCUT2D eigenvalue weighted by Gasteiger charge is -2.14. The summed E-state index contributed by atoms with van der Waals surface area (Å²) >= 11 is 0. The number of halogens is 1. The van der Waals surface area contributed by atoms with Gasteiger partial charge in [0.2, 0.25) is 0 Å². The average Bonchev–Trinajstić information content (AvgIpc) is 2.40. The molecule has 0 aromatic heterocycles. The van der Waals surface area contributed by atoms with E-state index in [4.69, 9.17) is 4.74 Å². The van der Waals surface area contributed by atoms with Crippen LogP contribution < -0.4 is 5.32 Å². The summed E-state index contributed by atoms with van der Waals surface area (Å²) in [5, 5.41) is 12.8. The number of benzene rings is 1. The summed E-state index contributed by atoms with van der Waals surface area (Å²) in [4.78, 5) is 0. The Balaban J connectivity index is 2.16. The van der Waals surface area contributed by atoms with Crippen LogP contribution in [0.5, 0.6) is 0 Å². The van der Waals surface area contributed by atoms with Crippen LogP contribution in [-0.2, 0) is 22.1 Å². The number of aliphatic hydroxyl groups is 1. The Hall–Kier alpha value is -0.820. The molecule has 0 radical (unpaired) electrons. The average molecular weight is 303 g/mol. The van der Waals surface area contributed by atoms with Crippen molar-refractivity contribution < 1.29 is 18.4 Å². The largest absolute Gasteiger partial charge is 0.389 e. The lowest BCUT2D eigenvalue weighted by Crippen LogP contribution is -2.35. The highest BCUT2D eigenvalue weighted by molar-refractivity contribution is 7.84. The van der Waals surface area contributed by atoms with Crippen molar-refractivity contribution in [2.75, 3.05) is 26.0 Å². The minimum atomic E-state index is -0.875. The second-order valence-electron chi connectivity index (χ2n) is 4.73. The minimum Gasteiger partial charge on any atom is -0.389 e. The van der Waals surface area contributed by atoms with E-state index in [2.05, 4.69) is 5.32 Å². The summed E-state index contributed by atoms with van der Waals surface area (Å²) in [7, 11) is -0.875. The van der Waals surface area contributed by atoms with Crippen LogP contribution >= 0.6 is 0 Å². The first-order valence-corrected chi connectivity index (χ1v) is 8.15. The smallest absolute Gasteiger partial charge is 0.128 e. The third kappa shape index (κ3) is 6.56. The van der Waals surface area contributed by atoms with Crippen LogP contribution in [0.4, 0.5) is 4.39 Å². The van der Waals surface area contributed by atoms with E-state index in [1.54, 1.807) is 24.5 Å². The van der Waals surface area contributed by atoms with E-state index in [0.717, 1.165) is 0 Å². The fraction of sp³-hybridized carbons (Fsp3) is 0.571. The summed E-state index contributed by atoms with van der Waals surface area (Å²) in [6, 6.07) is 6.39. The summed E-state index contributed by atoms with van der Waals surface area (Å²) in [6.07, 6.45) is 0.986. The van der Waals surface area contributed by atoms with Crippen molar-refractivity contribution in [3.05, 3.63) is 35.6 Å². The molecule has 6 heteroatoms. The van der Waals surface area contributed by atoms with Gasteiger partial charge in [-0.1, -0.05) is 18.2 Å². The highest BCUT2D eigenvalue weighted by Gasteiger charge is 2.09. The zero-order valence-corrected chi connectivity index (χ0v) is 12.7. The molecule has 1 aromatic rings. The van der Waals surface area contributed by atoms with Crippen LogP contribution in [0.25, 0.3) is 0 Å². The molecular formula is C14H22FNO3S. The molecule has 0 fully saturated rings. The lowest BCUT2D eigenvalue weighted by atomic mass is 10.2. The minimum absolute atomic E-state index is 0.0431. The van der Waals surface area contributed by atoms with Crippen LogP contribution in [0.1, 0.15) is 12.5 Å². The van der Waals surface area contributed by atoms with E-state index in [1.807, 2.05) is 6.92 Å². The maximum Gasteiger partial charge on any atom is 0.128 e. The lowest BCUT2D eigenvalue weighted by molar-refractivity contribution is 0.0280. The van der Waals surface area contributed by atoms with Gasteiger partial charge in [0.05, 0.1) is 19.3 Å². The predicted molar refractivity (Wildman–Crippen MR) is 78.5 cm³/mol. The SMILES string of the molecule is CC(CNCC(O)COCc1ccccc1F)S(C)=O. The fourth-order valence-electron chi connectivity index (χ4n) is 1.55. The highest BCUT2D eigenvalue weighted by Crippen LogP contribution is 2.07. The summed E-state index contributed by atoms with van der Waals surface area (Å²) in [5.74, 6) is -0.306. The molecule has 3 atom stereocenters. The zero-order chi connectivity index (χ0) is 15.0. The van der Waals surface area contributed by atoms with Gasteiger partial charge < -0.3 is 15.2 Å². The molecule has 0 aliphatic rings. The van der Waals surface area contributed by atoms with E-state index < -0.39 is 16.9 Å². The standard InChI is InChI=1S/C14H22FNO3S/c1-11(20(2)18)7-16-8-13(17)10-19-9-12-5-3-4-6-14(12)15/h3-6,11,13,16-17H,7-10H2,1-2H3. The summed E-state index contributed by atoms with van der Waals surface area (Å²) in [6.45, 7) is 3.08. The number of ether oxygens (including phenoxy) is 1. The molecule has 0 heterocycles. The number of nitrogens with one attached hydrogen (secondary N) is 1. The predicted octanol–water partition coefficient (Wildman–Crippen LogP) is 1.06. The number of hydrogen-bond donors (Lipinski definition) is 2. The quantitative estimate of drug-likeness (QED) is 0.716. The second-order valence-corrected chi connectivity index (χ2v) is 6.53. The van der Waals surface area contributed by atoms with Crippen molar-refractivity contribution in [1.82, 2.24) is 5.32 Å². The van der Waals surface area contributed by atoms with Gasteiger partial charge in [0.15, 0.2) is 0 Å². The molecule has 4 nitrogen and oxygen atoms in total. The monoisotopic (exact) mass is 303 g/mol. The molecule has 0 spiro atoms. The zero-order valence-electron chi connectivity index (χ0n) is 11.8. The van der Waals surface area contributed by atoms with Gasteiger partial charge in [-0.2, -0.15) is 0 Å². The van der Waals surface area contributed by atoms with E-state index in [1.165, 1.54) is 6.07 Å². The van der Waals surface area contributed by atoms with E-state index in [9.17, 15) is 13.7 Å². The Labute approximate surface area is 121 Å².